The number of nitrogens with zero attached hydrogens (tertiary/aromatic N) is 5. The first kappa shape index (κ1) is 25.4. The monoisotopic (exact) mass is 507 g/mol. The number of methoxy groups -OCH3 is 2. The molecule has 0 unspecified atom stereocenters. The van der Waals surface area contributed by atoms with Crippen LogP contribution in [0.2, 0.25) is 5.02 Å². The Kier molecular flexibility index (Phi) is 8.05. The van der Waals surface area contributed by atoms with Gasteiger partial charge in [-0.2, -0.15) is 0 Å². The molecular formula is C27H30ClN5O3. The number of rotatable bonds is 10. The molecule has 0 aliphatic carbocycles. The van der Waals surface area contributed by atoms with Crippen LogP contribution in [0, 0.1) is 5.92 Å². The van der Waals surface area contributed by atoms with Crippen molar-refractivity contribution < 1.29 is 14.3 Å². The second-order valence-corrected chi connectivity index (χ2v) is 9.23. The minimum atomic E-state index is -0.203. The summed E-state index contributed by atoms with van der Waals surface area (Å²) < 4.78 is 12.8. The summed E-state index contributed by atoms with van der Waals surface area (Å²) in [6.45, 7) is 5.59. The molecule has 4 rings (SSSR count). The predicted molar refractivity (Wildman–Crippen MR) is 140 cm³/mol. The van der Waals surface area contributed by atoms with Crippen molar-refractivity contribution in [1.29, 1.82) is 0 Å². The maximum absolute atomic E-state index is 13.8. The molecule has 3 heterocycles. The highest BCUT2D eigenvalue weighted by molar-refractivity contribution is 6.35. The second kappa shape index (κ2) is 11.4. The number of ether oxygens (including phenoxy) is 2. The zero-order valence-electron chi connectivity index (χ0n) is 20.9. The van der Waals surface area contributed by atoms with Gasteiger partial charge in [0.15, 0.2) is 17.1 Å². The van der Waals surface area contributed by atoms with E-state index in [2.05, 4.69) is 23.8 Å². The van der Waals surface area contributed by atoms with E-state index in [1.165, 1.54) is 14.2 Å². The van der Waals surface area contributed by atoms with Gasteiger partial charge in [0.1, 0.15) is 11.3 Å². The number of benzene rings is 1. The van der Waals surface area contributed by atoms with Gasteiger partial charge in [-0.15, -0.1) is 0 Å². The average Bonchev–Trinajstić information content (AvgIpc) is 3.23. The lowest BCUT2D eigenvalue weighted by Gasteiger charge is -2.25. The van der Waals surface area contributed by atoms with E-state index in [0.717, 1.165) is 29.1 Å². The molecule has 0 saturated heterocycles. The lowest BCUT2D eigenvalue weighted by molar-refractivity contribution is 0.0729. The standard InChI is InChI=1S/C27H30ClN5O3/c1-18(2)12-15-32(27(34)20-10-11-22(35-3)25(36-4)24(20)28)17-23-31-21-9-7-14-30-26(21)33(23)16-19-8-5-6-13-29-19/h5-11,13-14,18H,12,15-17H2,1-4H3. The van der Waals surface area contributed by atoms with Gasteiger partial charge in [-0.1, -0.05) is 31.5 Å². The normalized spacial score (nSPS) is 11.2. The van der Waals surface area contributed by atoms with Gasteiger partial charge in [0.2, 0.25) is 0 Å². The molecule has 1 aromatic carbocycles. The van der Waals surface area contributed by atoms with E-state index < -0.39 is 0 Å². The highest BCUT2D eigenvalue weighted by Crippen LogP contribution is 2.38. The van der Waals surface area contributed by atoms with Gasteiger partial charge in [-0.05, 0) is 48.7 Å². The number of carbonyl (C=O) groups excluding carboxylic acids is 1. The van der Waals surface area contributed by atoms with Crippen molar-refractivity contribution in [2.24, 2.45) is 5.92 Å². The molecular weight excluding hydrogens is 478 g/mol. The largest absolute Gasteiger partial charge is 0.493 e. The molecule has 36 heavy (non-hydrogen) atoms. The first-order valence-corrected chi connectivity index (χ1v) is 12.2. The fourth-order valence-electron chi connectivity index (χ4n) is 4.01. The third-order valence-electron chi connectivity index (χ3n) is 5.94. The Balaban J connectivity index is 1.73. The topological polar surface area (TPSA) is 82.4 Å². The van der Waals surface area contributed by atoms with Crippen molar-refractivity contribution in [2.45, 2.75) is 33.4 Å². The lowest BCUT2D eigenvalue weighted by atomic mass is 10.1. The summed E-state index contributed by atoms with van der Waals surface area (Å²) in [6.07, 6.45) is 4.34. The molecule has 4 aromatic rings. The number of hydrogen-bond acceptors (Lipinski definition) is 6. The van der Waals surface area contributed by atoms with Crippen molar-refractivity contribution >= 4 is 28.7 Å². The van der Waals surface area contributed by atoms with E-state index >= 15 is 0 Å². The number of aromatic nitrogens is 4. The van der Waals surface area contributed by atoms with Crippen LogP contribution in [0.5, 0.6) is 11.5 Å². The van der Waals surface area contributed by atoms with Crippen molar-refractivity contribution in [3.8, 4) is 11.5 Å². The summed E-state index contributed by atoms with van der Waals surface area (Å²) in [7, 11) is 3.03. The van der Waals surface area contributed by atoms with E-state index in [1.54, 1.807) is 29.4 Å². The van der Waals surface area contributed by atoms with Crippen LogP contribution in [0.3, 0.4) is 0 Å². The van der Waals surface area contributed by atoms with Crippen LogP contribution in [0.15, 0.2) is 54.9 Å². The zero-order chi connectivity index (χ0) is 25.7. The minimum absolute atomic E-state index is 0.203. The molecule has 0 spiro atoms. The fraction of sp³-hybridized carbons (Fsp3) is 0.333. The molecule has 0 N–H and O–H groups in total. The Labute approximate surface area is 215 Å². The quantitative estimate of drug-likeness (QED) is 0.292. The number of fused-ring (bicyclic) bond motifs is 1. The number of imidazole rings is 1. The van der Waals surface area contributed by atoms with Crippen molar-refractivity contribution in [2.75, 3.05) is 20.8 Å². The highest BCUT2D eigenvalue weighted by Gasteiger charge is 2.25. The van der Waals surface area contributed by atoms with E-state index in [1.807, 2.05) is 34.9 Å². The first-order valence-electron chi connectivity index (χ1n) is 11.8. The summed E-state index contributed by atoms with van der Waals surface area (Å²) in [5.74, 6) is 1.74. The van der Waals surface area contributed by atoms with Crippen LogP contribution in [-0.2, 0) is 13.1 Å². The molecule has 0 bridgehead atoms. The second-order valence-electron chi connectivity index (χ2n) is 8.85. The molecule has 1 amide bonds. The van der Waals surface area contributed by atoms with Gasteiger partial charge in [0.25, 0.3) is 5.91 Å². The fourth-order valence-corrected chi connectivity index (χ4v) is 4.32. The predicted octanol–water partition coefficient (Wildman–Crippen LogP) is 5.23. The zero-order valence-corrected chi connectivity index (χ0v) is 21.7. The Hall–Kier alpha value is -3.65. The molecule has 3 aromatic heterocycles. The van der Waals surface area contributed by atoms with Crippen LogP contribution < -0.4 is 9.47 Å². The molecule has 0 aliphatic rings. The average molecular weight is 508 g/mol. The van der Waals surface area contributed by atoms with Gasteiger partial charge in [-0.3, -0.25) is 9.78 Å². The molecule has 0 fully saturated rings. The molecule has 0 radical (unpaired) electrons. The van der Waals surface area contributed by atoms with Gasteiger partial charge >= 0.3 is 0 Å². The van der Waals surface area contributed by atoms with Crippen LogP contribution in [0.1, 0.15) is 42.1 Å². The summed E-state index contributed by atoms with van der Waals surface area (Å²) in [5.41, 5.74) is 2.75. The molecule has 8 nitrogen and oxygen atoms in total. The Bertz CT molecular complexity index is 1340. The van der Waals surface area contributed by atoms with E-state index in [9.17, 15) is 4.79 Å². The molecule has 0 saturated carbocycles. The third kappa shape index (κ3) is 5.44. The highest BCUT2D eigenvalue weighted by atomic mass is 35.5. The number of amides is 1. The van der Waals surface area contributed by atoms with E-state index in [4.69, 9.17) is 26.1 Å². The van der Waals surface area contributed by atoms with Crippen LogP contribution in [0.25, 0.3) is 11.2 Å². The van der Waals surface area contributed by atoms with Crippen LogP contribution >= 0.6 is 11.6 Å². The van der Waals surface area contributed by atoms with Gasteiger partial charge in [0, 0.05) is 18.9 Å². The van der Waals surface area contributed by atoms with E-state index in [0.29, 0.717) is 42.6 Å². The maximum Gasteiger partial charge on any atom is 0.255 e. The molecule has 0 aliphatic heterocycles. The van der Waals surface area contributed by atoms with Gasteiger partial charge in [-0.25, -0.2) is 9.97 Å². The SMILES string of the molecule is COc1ccc(C(=O)N(CCC(C)C)Cc2nc3cccnc3n2Cc2ccccn2)c(Cl)c1OC. The van der Waals surface area contributed by atoms with Crippen molar-refractivity contribution in [3.05, 3.63) is 77.0 Å². The summed E-state index contributed by atoms with van der Waals surface area (Å²) >= 11 is 6.61. The minimum Gasteiger partial charge on any atom is -0.493 e. The molecule has 188 valence electrons. The lowest BCUT2D eigenvalue weighted by Crippen LogP contribution is -2.33. The van der Waals surface area contributed by atoms with Gasteiger partial charge in [0.05, 0.1) is 43.6 Å². The third-order valence-corrected chi connectivity index (χ3v) is 6.32. The van der Waals surface area contributed by atoms with Crippen LogP contribution in [0.4, 0.5) is 0 Å². The molecule has 0 atom stereocenters. The Morgan fingerprint density at radius 2 is 1.86 bits per heavy atom. The number of carbonyl (C=O) groups is 1. The Morgan fingerprint density at radius 3 is 2.56 bits per heavy atom. The van der Waals surface area contributed by atoms with E-state index in [-0.39, 0.29) is 10.9 Å². The maximum atomic E-state index is 13.8. The van der Waals surface area contributed by atoms with Crippen molar-refractivity contribution in [1.82, 2.24) is 24.4 Å². The smallest absolute Gasteiger partial charge is 0.255 e. The first-order chi connectivity index (χ1) is 17.4. The van der Waals surface area contributed by atoms with Crippen molar-refractivity contribution in [3.63, 3.8) is 0 Å². The number of halogens is 1. The summed E-state index contributed by atoms with van der Waals surface area (Å²) in [5, 5.41) is 0.222. The number of hydrogen-bond donors (Lipinski definition) is 0. The van der Waals surface area contributed by atoms with Gasteiger partial charge < -0.3 is 18.9 Å². The summed E-state index contributed by atoms with van der Waals surface area (Å²) in [6, 6.07) is 12.9. The number of pyridine rings is 2. The Morgan fingerprint density at radius 1 is 1.06 bits per heavy atom. The summed E-state index contributed by atoms with van der Waals surface area (Å²) in [4.78, 5) is 29.5. The van der Waals surface area contributed by atoms with Crippen LogP contribution in [-0.4, -0.2) is 51.1 Å². The molecule has 9 heteroatoms.